The van der Waals surface area contributed by atoms with Crippen LogP contribution in [-0.2, 0) is 48.7 Å². The van der Waals surface area contributed by atoms with Crippen molar-refractivity contribution in [1.29, 1.82) is 0 Å². The Morgan fingerprint density at radius 1 is 0.432 bits per heavy atom. The Bertz CT molecular complexity index is 3610. The average molecular weight is 1070 g/mol. The topological polar surface area (TPSA) is 9.72 Å². The summed E-state index contributed by atoms with van der Waals surface area (Å²) in [5, 5.41) is 0. The molecular formula is C77H96BN3. The SMILES string of the molecule is CC(C)(C)c1ccc(N(c2ccc(C(C)(C)C)cc2)c2cc3c4c(c2)N2c5c(cc(C(C)(C)C)cc5C5(C)CCCCC25C)B4C2=C(N3c3ccc4c(c3)C(C)(C)CCC4(C)C)C(C)(C)c3cc4c(cc32)C(C)(C)CCC4(C)C)cc1. The first-order valence-electron chi connectivity index (χ1n) is 31.6. The summed E-state index contributed by atoms with van der Waals surface area (Å²) in [6.45, 7) is 52.0. The van der Waals surface area contributed by atoms with E-state index in [9.17, 15) is 0 Å². The van der Waals surface area contributed by atoms with Crippen molar-refractivity contribution < 1.29 is 0 Å². The van der Waals surface area contributed by atoms with Crippen LogP contribution >= 0.6 is 0 Å². The van der Waals surface area contributed by atoms with Gasteiger partial charge in [0.05, 0.1) is 11.2 Å². The molecular weight excluding hydrogens is 978 g/mol. The Hall–Kier alpha value is -5.48. The lowest BCUT2D eigenvalue weighted by molar-refractivity contribution is 0.195. The minimum Gasteiger partial charge on any atom is -0.335 e. The molecule has 7 aliphatic rings. The quantitative estimate of drug-likeness (QED) is 0.163. The minimum absolute atomic E-state index is 0.0202. The van der Waals surface area contributed by atoms with E-state index in [0.29, 0.717) is 0 Å². The molecule has 0 radical (unpaired) electrons. The minimum atomic E-state index is -0.338. The molecule has 3 heterocycles. The van der Waals surface area contributed by atoms with Crippen molar-refractivity contribution in [2.75, 3.05) is 14.7 Å². The maximum absolute atomic E-state index is 2.98. The number of benzene rings is 6. The van der Waals surface area contributed by atoms with Gasteiger partial charge >= 0.3 is 0 Å². The monoisotopic (exact) mass is 1070 g/mol. The Balaban J connectivity index is 1.20. The molecule has 0 saturated heterocycles. The van der Waals surface area contributed by atoms with Crippen molar-refractivity contribution >= 4 is 62.9 Å². The van der Waals surface area contributed by atoms with Crippen LogP contribution in [0.3, 0.4) is 0 Å². The number of rotatable bonds is 4. The first-order valence-corrected chi connectivity index (χ1v) is 31.6. The summed E-state index contributed by atoms with van der Waals surface area (Å²) in [7, 11) is 0. The largest absolute Gasteiger partial charge is 0.335 e. The molecule has 4 heteroatoms. The summed E-state index contributed by atoms with van der Waals surface area (Å²) < 4.78 is 0. The van der Waals surface area contributed by atoms with E-state index in [1.54, 1.807) is 16.7 Å². The Morgan fingerprint density at radius 2 is 0.926 bits per heavy atom. The van der Waals surface area contributed by atoms with Crippen molar-refractivity contribution in [3.63, 3.8) is 0 Å². The van der Waals surface area contributed by atoms with Crippen molar-refractivity contribution in [3.05, 3.63) is 164 Å². The highest BCUT2D eigenvalue weighted by atomic mass is 15.3. The van der Waals surface area contributed by atoms with Crippen LogP contribution < -0.4 is 25.6 Å². The molecule has 3 aliphatic heterocycles. The van der Waals surface area contributed by atoms with Gasteiger partial charge in [-0.05, 0) is 204 Å². The lowest BCUT2D eigenvalue weighted by atomic mass is 9.32. The molecule has 3 nitrogen and oxygen atoms in total. The number of anilines is 7. The molecule has 2 unspecified atom stereocenters. The van der Waals surface area contributed by atoms with Crippen LogP contribution in [0.5, 0.6) is 0 Å². The predicted molar refractivity (Wildman–Crippen MR) is 351 cm³/mol. The molecule has 6 aromatic rings. The van der Waals surface area contributed by atoms with Crippen LogP contribution in [0.2, 0.25) is 0 Å². The number of fused-ring (bicyclic) bond motifs is 10. The summed E-state index contributed by atoms with van der Waals surface area (Å²) in [5.74, 6) is 0. The zero-order valence-electron chi connectivity index (χ0n) is 53.9. The van der Waals surface area contributed by atoms with Crippen LogP contribution in [0.25, 0.3) is 5.47 Å². The average Bonchev–Trinajstić information content (AvgIpc) is 2.34. The fraction of sp³-hybridized carbons (Fsp3) is 0.506. The first-order chi connectivity index (χ1) is 37.5. The Kier molecular flexibility index (Phi) is 11.4. The van der Waals surface area contributed by atoms with E-state index in [0.717, 1.165) is 6.42 Å². The van der Waals surface area contributed by atoms with Gasteiger partial charge in [0.1, 0.15) is 0 Å². The molecule has 4 aliphatic carbocycles. The summed E-state index contributed by atoms with van der Waals surface area (Å²) >= 11 is 0. The van der Waals surface area contributed by atoms with E-state index in [4.69, 9.17) is 0 Å². The van der Waals surface area contributed by atoms with Crippen LogP contribution in [0.1, 0.15) is 252 Å². The van der Waals surface area contributed by atoms with Crippen molar-refractivity contribution in [1.82, 2.24) is 0 Å². The highest BCUT2D eigenvalue weighted by Crippen LogP contribution is 2.66. The predicted octanol–water partition coefficient (Wildman–Crippen LogP) is 19.8. The lowest BCUT2D eigenvalue weighted by Crippen LogP contribution is -2.61. The van der Waals surface area contributed by atoms with Gasteiger partial charge in [-0.2, -0.15) is 0 Å². The molecule has 1 fully saturated rings. The van der Waals surface area contributed by atoms with Crippen LogP contribution in [0.4, 0.5) is 39.8 Å². The van der Waals surface area contributed by atoms with Crippen LogP contribution in [0.15, 0.2) is 109 Å². The normalized spacial score (nSPS) is 23.9. The lowest BCUT2D eigenvalue weighted by Gasteiger charge is -2.53. The summed E-state index contributed by atoms with van der Waals surface area (Å²) in [5.41, 5.74) is 29.6. The molecule has 2 atom stereocenters. The van der Waals surface area contributed by atoms with Gasteiger partial charge in [0.25, 0.3) is 6.71 Å². The third-order valence-corrected chi connectivity index (χ3v) is 22.9. The van der Waals surface area contributed by atoms with Crippen LogP contribution in [0, 0.1) is 0 Å². The Labute approximate surface area is 490 Å². The second-order valence-electron chi connectivity index (χ2n) is 33.6. The summed E-state index contributed by atoms with van der Waals surface area (Å²) in [4.78, 5) is 8.45. The van der Waals surface area contributed by atoms with Crippen LogP contribution in [-0.4, -0.2) is 12.3 Å². The zero-order chi connectivity index (χ0) is 58.1. The summed E-state index contributed by atoms with van der Waals surface area (Å²) in [6.07, 6.45) is 9.58. The van der Waals surface area contributed by atoms with E-state index in [-0.39, 0.29) is 61.0 Å². The number of nitrogens with zero attached hydrogens (tertiary/aromatic N) is 3. The smallest absolute Gasteiger partial charge is 0.252 e. The van der Waals surface area contributed by atoms with Gasteiger partial charge in [0.15, 0.2) is 0 Å². The maximum Gasteiger partial charge on any atom is 0.252 e. The molecule has 0 aromatic heterocycles. The standard InChI is InChI=1S/C77H96BN3/c1-68(2,3)47-24-28-50(29-25-47)79(51-30-26-48(27-31-51)69(4,5)6)53-43-62-65-63(44-53)81-66-60(76(20)34-22-23-35-77(76,81)21)40-49(70(7,8)9)41-61(66)78(65)64-54-45-58-59(74(16,17)39-38-73(58,14)15)46-56(54)75(18,19)67(64)80(62)52-32-33-55-57(42-52)72(12,13)37-36-71(55,10)11/h24-33,40-46H,22-23,34-39H2,1-21H3. The number of allylic oxidation sites excluding steroid dienone is 1. The molecule has 0 amide bonds. The molecule has 422 valence electrons. The molecule has 13 rings (SSSR count). The van der Waals surface area contributed by atoms with Crippen molar-refractivity contribution in [2.45, 2.75) is 251 Å². The van der Waals surface area contributed by atoms with Gasteiger partial charge in [0.2, 0.25) is 0 Å². The zero-order valence-corrected chi connectivity index (χ0v) is 53.9. The van der Waals surface area contributed by atoms with Gasteiger partial charge in [-0.15, -0.1) is 0 Å². The van der Waals surface area contributed by atoms with Gasteiger partial charge in [-0.25, -0.2) is 0 Å². The highest BCUT2D eigenvalue weighted by molar-refractivity contribution is 7.03. The molecule has 81 heavy (non-hydrogen) atoms. The van der Waals surface area contributed by atoms with Gasteiger partial charge in [0, 0.05) is 50.7 Å². The molecule has 0 bridgehead atoms. The molecule has 0 spiro atoms. The third kappa shape index (κ3) is 7.71. The van der Waals surface area contributed by atoms with Crippen molar-refractivity contribution in [2.24, 2.45) is 0 Å². The molecule has 0 N–H and O–H groups in total. The third-order valence-electron chi connectivity index (χ3n) is 22.9. The number of hydrogen-bond donors (Lipinski definition) is 0. The molecule has 6 aromatic carbocycles. The van der Waals surface area contributed by atoms with E-state index >= 15 is 0 Å². The number of hydrogen-bond acceptors (Lipinski definition) is 3. The van der Waals surface area contributed by atoms with Gasteiger partial charge in [-0.1, -0.05) is 206 Å². The summed E-state index contributed by atoms with van der Waals surface area (Å²) in [6, 6.07) is 43.2. The van der Waals surface area contributed by atoms with E-state index in [1.165, 1.54) is 146 Å². The first kappa shape index (κ1) is 54.8. The fourth-order valence-corrected chi connectivity index (χ4v) is 17.2. The van der Waals surface area contributed by atoms with Gasteiger partial charge in [-0.3, -0.25) is 0 Å². The van der Waals surface area contributed by atoms with E-state index in [2.05, 4.69) is 263 Å². The van der Waals surface area contributed by atoms with E-state index in [1.807, 2.05) is 0 Å². The second kappa shape index (κ2) is 16.9. The van der Waals surface area contributed by atoms with Gasteiger partial charge < -0.3 is 14.7 Å². The van der Waals surface area contributed by atoms with E-state index < -0.39 is 0 Å². The highest BCUT2D eigenvalue weighted by Gasteiger charge is 2.63. The Morgan fingerprint density at radius 3 is 1.47 bits per heavy atom. The van der Waals surface area contributed by atoms with Crippen molar-refractivity contribution in [3.8, 4) is 0 Å². The second-order valence-corrected chi connectivity index (χ2v) is 33.6. The maximum atomic E-state index is 2.98. The fourth-order valence-electron chi connectivity index (χ4n) is 17.2. The molecule has 1 saturated carbocycles.